The fourth-order valence-electron chi connectivity index (χ4n) is 3.58. The molecule has 1 amide bonds. The SMILES string of the molecule is COCC1(C(=O)O)CCCN(C(=O)Cc2coc3cc(OC)ccc23)C1. The van der Waals surface area contributed by atoms with Gasteiger partial charge in [0, 0.05) is 37.2 Å². The lowest BCUT2D eigenvalue weighted by Crippen LogP contribution is -2.52. The Morgan fingerprint density at radius 1 is 1.35 bits per heavy atom. The Morgan fingerprint density at radius 3 is 2.85 bits per heavy atom. The average molecular weight is 361 g/mol. The molecular weight excluding hydrogens is 338 g/mol. The molecule has 1 aliphatic rings. The zero-order valence-corrected chi connectivity index (χ0v) is 15.0. The summed E-state index contributed by atoms with van der Waals surface area (Å²) in [4.78, 5) is 26.1. The van der Waals surface area contributed by atoms with Crippen LogP contribution in [0.15, 0.2) is 28.9 Å². The first-order chi connectivity index (χ1) is 12.5. The molecule has 7 heteroatoms. The van der Waals surface area contributed by atoms with Crippen molar-refractivity contribution < 1.29 is 28.6 Å². The third kappa shape index (κ3) is 3.39. The summed E-state index contributed by atoms with van der Waals surface area (Å²) >= 11 is 0. The molecule has 0 spiro atoms. The van der Waals surface area contributed by atoms with Crippen LogP contribution in [0.5, 0.6) is 5.75 Å². The average Bonchev–Trinajstić information content (AvgIpc) is 3.04. The number of hydrogen-bond acceptors (Lipinski definition) is 5. The normalized spacial score (nSPS) is 20.3. The van der Waals surface area contributed by atoms with Gasteiger partial charge >= 0.3 is 5.97 Å². The van der Waals surface area contributed by atoms with Gasteiger partial charge in [0.15, 0.2) is 0 Å². The maximum absolute atomic E-state index is 12.8. The molecule has 3 rings (SSSR count). The van der Waals surface area contributed by atoms with E-state index in [2.05, 4.69) is 0 Å². The van der Waals surface area contributed by atoms with Gasteiger partial charge in [-0.15, -0.1) is 0 Å². The van der Waals surface area contributed by atoms with Gasteiger partial charge in [-0.05, 0) is 25.0 Å². The van der Waals surface area contributed by atoms with Crippen molar-refractivity contribution in [3.63, 3.8) is 0 Å². The number of carboxylic acid groups (broad SMARTS) is 1. The van der Waals surface area contributed by atoms with E-state index in [4.69, 9.17) is 13.9 Å². The van der Waals surface area contributed by atoms with E-state index < -0.39 is 11.4 Å². The van der Waals surface area contributed by atoms with E-state index in [9.17, 15) is 14.7 Å². The Bertz CT molecular complexity index is 809. The molecule has 0 radical (unpaired) electrons. The van der Waals surface area contributed by atoms with Crippen LogP contribution in [0.2, 0.25) is 0 Å². The van der Waals surface area contributed by atoms with E-state index in [0.717, 1.165) is 10.9 Å². The summed E-state index contributed by atoms with van der Waals surface area (Å²) < 4.78 is 15.8. The topological polar surface area (TPSA) is 89.2 Å². The van der Waals surface area contributed by atoms with E-state index in [0.29, 0.717) is 30.7 Å². The lowest BCUT2D eigenvalue weighted by atomic mass is 9.80. The summed E-state index contributed by atoms with van der Waals surface area (Å²) in [6, 6.07) is 5.46. The molecular formula is C19H23NO6. The molecule has 140 valence electrons. The van der Waals surface area contributed by atoms with Crippen molar-refractivity contribution in [1.82, 2.24) is 4.90 Å². The monoisotopic (exact) mass is 361 g/mol. The van der Waals surface area contributed by atoms with Gasteiger partial charge in [-0.2, -0.15) is 0 Å². The zero-order chi connectivity index (χ0) is 18.7. The van der Waals surface area contributed by atoms with Crippen molar-refractivity contribution in [3.05, 3.63) is 30.0 Å². The smallest absolute Gasteiger partial charge is 0.313 e. The highest BCUT2D eigenvalue weighted by molar-refractivity contribution is 5.88. The zero-order valence-electron chi connectivity index (χ0n) is 15.0. The van der Waals surface area contributed by atoms with Gasteiger partial charge in [0.1, 0.15) is 16.7 Å². The molecule has 26 heavy (non-hydrogen) atoms. The number of likely N-dealkylation sites (tertiary alicyclic amines) is 1. The molecule has 0 bridgehead atoms. The number of benzene rings is 1. The summed E-state index contributed by atoms with van der Waals surface area (Å²) in [6.45, 7) is 0.820. The molecule has 0 aliphatic carbocycles. The number of amides is 1. The van der Waals surface area contributed by atoms with E-state index in [-0.39, 0.29) is 25.5 Å². The highest BCUT2D eigenvalue weighted by atomic mass is 16.5. The van der Waals surface area contributed by atoms with Gasteiger partial charge < -0.3 is 23.9 Å². The molecule has 1 fully saturated rings. The summed E-state index contributed by atoms with van der Waals surface area (Å²) in [5.41, 5.74) is 0.407. The summed E-state index contributed by atoms with van der Waals surface area (Å²) in [6.07, 6.45) is 2.90. The molecule has 1 unspecified atom stereocenters. The van der Waals surface area contributed by atoms with Crippen LogP contribution in [0.25, 0.3) is 11.0 Å². The molecule has 2 heterocycles. The Labute approximate surface area is 151 Å². The predicted molar refractivity (Wildman–Crippen MR) is 94.2 cm³/mol. The van der Waals surface area contributed by atoms with Crippen molar-refractivity contribution in [3.8, 4) is 5.75 Å². The lowest BCUT2D eigenvalue weighted by molar-refractivity contribution is -0.159. The van der Waals surface area contributed by atoms with Gasteiger partial charge in [0.05, 0.1) is 26.4 Å². The Morgan fingerprint density at radius 2 is 2.15 bits per heavy atom. The second-order valence-electron chi connectivity index (χ2n) is 6.74. The quantitative estimate of drug-likeness (QED) is 0.849. The molecule has 1 atom stereocenters. The third-order valence-corrected chi connectivity index (χ3v) is 5.01. The Kier molecular flexibility index (Phi) is 5.18. The van der Waals surface area contributed by atoms with Gasteiger partial charge in [-0.1, -0.05) is 0 Å². The standard InChI is InChI=1S/C19H23NO6/c1-24-12-19(18(22)23)6-3-7-20(11-19)17(21)8-13-10-26-16-9-14(25-2)4-5-15(13)16/h4-5,9-10H,3,6-8,11-12H2,1-2H3,(H,22,23). The van der Waals surface area contributed by atoms with Gasteiger partial charge in [-0.25, -0.2) is 0 Å². The number of aliphatic carboxylic acids is 1. The van der Waals surface area contributed by atoms with Gasteiger partial charge in [0.2, 0.25) is 5.91 Å². The maximum Gasteiger partial charge on any atom is 0.313 e. The van der Waals surface area contributed by atoms with Crippen LogP contribution < -0.4 is 4.74 Å². The van der Waals surface area contributed by atoms with Crippen LogP contribution in [0.1, 0.15) is 18.4 Å². The minimum Gasteiger partial charge on any atom is -0.497 e. The van der Waals surface area contributed by atoms with E-state index in [1.54, 1.807) is 24.3 Å². The number of carbonyl (C=O) groups excluding carboxylic acids is 1. The number of rotatable bonds is 6. The molecule has 0 saturated carbocycles. The molecule has 1 N–H and O–H groups in total. The van der Waals surface area contributed by atoms with E-state index >= 15 is 0 Å². The summed E-state index contributed by atoms with van der Waals surface area (Å²) in [5, 5.41) is 10.5. The van der Waals surface area contributed by atoms with Crippen LogP contribution in [0.3, 0.4) is 0 Å². The number of hydrogen-bond donors (Lipinski definition) is 1. The first kappa shape index (κ1) is 18.3. The third-order valence-electron chi connectivity index (χ3n) is 5.01. The van der Waals surface area contributed by atoms with Crippen molar-refractivity contribution in [2.24, 2.45) is 5.41 Å². The van der Waals surface area contributed by atoms with Gasteiger partial charge in [-0.3, -0.25) is 9.59 Å². The second kappa shape index (κ2) is 7.37. The summed E-state index contributed by atoms with van der Waals surface area (Å²) in [7, 11) is 3.07. The van der Waals surface area contributed by atoms with Crippen LogP contribution >= 0.6 is 0 Å². The van der Waals surface area contributed by atoms with Crippen molar-refractivity contribution in [2.45, 2.75) is 19.3 Å². The number of piperidine rings is 1. The molecule has 2 aromatic rings. The van der Waals surface area contributed by atoms with Crippen LogP contribution in [-0.2, 0) is 20.7 Å². The highest BCUT2D eigenvalue weighted by Gasteiger charge is 2.43. The van der Waals surface area contributed by atoms with Gasteiger partial charge in [0.25, 0.3) is 0 Å². The number of furan rings is 1. The first-order valence-corrected chi connectivity index (χ1v) is 8.53. The van der Waals surface area contributed by atoms with Crippen LogP contribution in [0.4, 0.5) is 0 Å². The van der Waals surface area contributed by atoms with Crippen molar-refractivity contribution >= 4 is 22.8 Å². The molecule has 1 aromatic heterocycles. The fourth-order valence-corrected chi connectivity index (χ4v) is 3.58. The number of carbonyl (C=O) groups is 2. The summed E-state index contributed by atoms with van der Waals surface area (Å²) in [5.74, 6) is -0.339. The van der Waals surface area contributed by atoms with Crippen molar-refractivity contribution in [2.75, 3.05) is 33.9 Å². The van der Waals surface area contributed by atoms with Crippen molar-refractivity contribution in [1.29, 1.82) is 0 Å². The second-order valence-corrected chi connectivity index (χ2v) is 6.74. The Hall–Kier alpha value is -2.54. The fraction of sp³-hybridized carbons (Fsp3) is 0.474. The highest BCUT2D eigenvalue weighted by Crippen LogP contribution is 2.32. The molecule has 1 aromatic carbocycles. The van der Waals surface area contributed by atoms with E-state index in [1.807, 2.05) is 12.1 Å². The molecule has 1 saturated heterocycles. The number of carboxylic acids is 1. The number of nitrogens with zero attached hydrogens (tertiary/aromatic N) is 1. The van der Waals surface area contributed by atoms with E-state index in [1.165, 1.54) is 7.11 Å². The van der Waals surface area contributed by atoms with Crippen LogP contribution in [-0.4, -0.2) is 55.8 Å². The lowest BCUT2D eigenvalue weighted by Gasteiger charge is -2.39. The molecule has 1 aliphatic heterocycles. The Balaban J connectivity index is 1.76. The number of fused-ring (bicyclic) bond motifs is 1. The maximum atomic E-state index is 12.8. The van der Waals surface area contributed by atoms with Crippen LogP contribution in [0, 0.1) is 5.41 Å². The largest absolute Gasteiger partial charge is 0.497 e. The first-order valence-electron chi connectivity index (χ1n) is 8.53. The number of ether oxygens (including phenoxy) is 2. The molecule has 7 nitrogen and oxygen atoms in total. The predicted octanol–water partition coefficient (Wildman–Crippen LogP) is 2.32. The number of methoxy groups -OCH3 is 2. The minimum absolute atomic E-state index is 0.0978. The minimum atomic E-state index is -1.03.